The Labute approximate surface area is 90.9 Å². The first kappa shape index (κ1) is 10.2. The topological polar surface area (TPSA) is 20.3 Å². The fourth-order valence-corrected chi connectivity index (χ4v) is 1.89. The predicted octanol–water partition coefficient (Wildman–Crippen LogP) is 2.74. The molecule has 2 heteroatoms. The number of anilines is 1. The first-order valence-electron chi connectivity index (χ1n) is 5.64. The fourth-order valence-electron chi connectivity index (χ4n) is 1.89. The summed E-state index contributed by atoms with van der Waals surface area (Å²) in [6.45, 7) is 4.21. The van der Waals surface area contributed by atoms with Gasteiger partial charge in [-0.25, -0.2) is 0 Å². The van der Waals surface area contributed by atoms with E-state index in [1.165, 1.54) is 12.8 Å². The summed E-state index contributed by atoms with van der Waals surface area (Å²) >= 11 is 0. The molecule has 1 aliphatic carbocycles. The summed E-state index contributed by atoms with van der Waals surface area (Å²) in [6, 6.07) is 7.84. The van der Waals surface area contributed by atoms with Crippen LogP contribution in [0.15, 0.2) is 24.3 Å². The molecule has 1 aliphatic rings. The van der Waals surface area contributed by atoms with Gasteiger partial charge in [-0.05, 0) is 37.8 Å². The lowest BCUT2D eigenvalue weighted by atomic mass is 10.1. The van der Waals surface area contributed by atoms with Crippen molar-refractivity contribution in [2.75, 3.05) is 18.0 Å². The van der Waals surface area contributed by atoms with Gasteiger partial charge in [-0.2, -0.15) is 0 Å². The molecule has 15 heavy (non-hydrogen) atoms. The number of carbonyl (C=O) groups excluding carboxylic acids is 1. The van der Waals surface area contributed by atoms with Crippen LogP contribution in [0, 0.1) is 5.92 Å². The molecule has 0 saturated heterocycles. The van der Waals surface area contributed by atoms with Gasteiger partial charge < -0.3 is 4.90 Å². The van der Waals surface area contributed by atoms with Crippen molar-refractivity contribution < 1.29 is 4.79 Å². The number of nitrogens with zero attached hydrogens (tertiary/aromatic N) is 1. The van der Waals surface area contributed by atoms with Gasteiger partial charge in [-0.1, -0.05) is 12.1 Å². The Morgan fingerprint density at radius 1 is 1.40 bits per heavy atom. The van der Waals surface area contributed by atoms with Gasteiger partial charge >= 0.3 is 0 Å². The average Bonchev–Trinajstić information content (AvgIpc) is 3.10. The largest absolute Gasteiger partial charge is 0.371 e. The van der Waals surface area contributed by atoms with Crippen molar-refractivity contribution in [1.82, 2.24) is 0 Å². The van der Waals surface area contributed by atoms with Crippen molar-refractivity contribution in [3.05, 3.63) is 29.8 Å². The lowest BCUT2D eigenvalue weighted by molar-refractivity contribution is 0.112. The second-order valence-electron chi connectivity index (χ2n) is 4.16. The number of carbonyl (C=O) groups is 1. The Bertz CT molecular complexity index is 344. The molecule has 2 nitrogen and oxygen atoms in total. The van der Waals surface area contributed by atoms with Crippen molar-refractivity contribution >= 4 is 12.0 Å². The van der Waals surface area contributed by atoms with Crippen molar-refractivity contribution in [2.24, 2.45) is 5.92 Å². The maximum absolute atomic E-state index is 10.9. The number of para-hydroxylation sites is 1. The van der Waals surface area contributed by atoms with Crippen LogP contribution in [0.4, 0.5) is 5.69 Å². The van der Waals surface area contributed by atoms with Gasteiger partial charge in [0.15, 0.2) is 6.29 Å². The molecule has 0 radical (unpaired) electrons. The molecule has 1 saturated carbocycles. The van der Waals surface area contributed by atoms with Crippen molar-refractivity contribution in [2.45, 2.75) is 19.8 Å². The monoisotopic (exact) mass is 203 g/mol. The van der Waals surface area contributed by atoms with Crippen LogP contribution >= 0.6 is 0 Å². The molecule has 1 fully saturated rings. The van der Waals surface area contributed by atoms with Gasteiger partial charge in [-0.15, -0.1) is 0 Å². The molecule has 0 N–H and O–H groups in total. The van der Waals surface area contributed by atoms with Crippen LogP contribution in [0.25, 0.3) is 0 Å². The van der Waals surface area contributed by atoms with Gasteiger partial charge in [0.1, 0.15) is 0 Å². The van der Waals surface area contributed by atoms with Crippen LogP contribution in [-0.4, -0.2) is 19.4 Å². The summed E-state index contributed by atoms with van der Waals surface area (Å²) in [4.78, 5) is 13.2. The molecule has 1 aromatic carbocycles. The molecule has 0 amide bonds. The summed E-state index contributed by atoms with van der Waals surface area (Å²) in [5.41, 5.74) is 1.89. The minimum atomic E-state index is 0.806. The number of benzene rings is 1. The van der Waals surface area contributed by atoms with Crippen LogP contribution < -0.4 is 4.90 Å². The van der Waals surface area contributed by atoms with E-state index in [0.717, 1.165) is 36.5 Å². The molecule has 0 bridgehead atoms. The minimum Gasteiger partial charge on any atom is -0.371 e. The normalized spacial score (nSPS) is 15.0. The summed E-state index contributed by atoms with van der Waals surface area (Å²) in [6.07, 6.45) is 3.64. The van der Waals surface area contributed by atoms with Crippen LogP contribution in [-0.2, 0) is 0 Å². The summed E-state index contributed by atoms with van der Waals surface area (Å²) < 4.78 is 0. The van der Waals surface area contributed by atoms with Crippen LogP contribution in [0.1, 0.15) is 30.1 Å². The highest BCUT2D eigenvalue weighted by atomic mass is 16.1. The molecular weight excluding hydrogens is 186 g/mol. The molecule has 0 aromatic heterocycles. The average molecular weight is 203 g/mol. The quantitative estimate of drug-likeness (QED) is 0.686. The summed E-state index contributed by atoms with van der Waals surface area (Å²) in [5, 5.41) is 0. The summed E-state index contributed by atoms with van der Waals surface area (Å²) in [5.74, 6) is 0.852. The molecule has 2 rings (SSSR count). The highest BCUT2D eigenvalue weighted by Gasteiger charge is 2.24. The van der Waals surface area contributed by atoms with Crippen molar-refractivity contribution in [3.8, 4) is 0 Å². The third-order valence-corrected chi connectivity index (χ3v) is 2.96. The fraction of sp³-hybridized carbons (Fsp3) is 0.462. The van der Waals surface area contributed by atoms with E-state index in [2.05, 4.69) is 11.8 Å². The maximum atomic E-state index is 10.9. The Hall–Kier alpha value is -1.31. The van der Waals surface area contributed by atoms with Crippen LogP contribution in [0.5, 0.6) is 0 Å². The third-order valence-electron chi connectivity index (χ3n) is 2.96. The standard InChI is InChI=1S/C13H17NO/c1-2-14(9-11-7-8-11)13-6-4-3-5-12(13)10-15/h3-6,10-11H,2,7-9H2,1H3. The maximum Gasteiger partial charge on any atom is 0.152 e. The van der Waals surface area contributed by atoms with E-state index in [1.54, 1.807) is 0 Å². The van der Waals surface area contributed by atoms with Gasteiger partial charge in [0.25, 0.3) is 0 Å². The molecule has 0 atom stereocenters. The molecule has 80 valence electrons. The lowest BCUT2D eigenvalue weighted by Gasteiger charge is -2.24. The molecule has 0 heterocycles. The Balaban J connectivity index is 2.19. The molecule has 0 spiro atoms. The van der Waals surface area contributed by atoms with Gasteiger partial charge in [0.2, 0.25) is 0 Å². The molecule has 0 unspecified atom stereocenters. The Morgan fingerprint density at radius 2 is 2.13 bits per heavy atom. The third kappa shape index (κ3) is 2.38. The zero-order valence-electron chi connectivity index (χ0n) is 9.15. The van der Waals surface area contributed by atoms with Crippen LogP contribution in [0.3, 0.4) is 0 Å². The van der Waals surface area contributed by atoms with E-state index in [4.69, 9.17) is 0 Å². The number of aldehydes is 1. The first-order valence-corrected chi connectivity index (χ1v) is 5.64. The van der Waals surface area contributed by atoms with Gasteiger partial charge in [0, 0.05) is 24.3 Å². The first-order chi connectivity index (χ1) is 7.35. The highest BCUT2D eigenvalue weighted by Crippen LogP contribution is 2.31. The van der Waals surface area contributed by atoms with E-state index >= 15 is 0 Å². The van der Waals surface area contributed by atoms with E-state index in [-0.39, 0.29) is 0 Å². The number of hydrogen-bond donors (Lipinski definition) is 0. The second-order valence-corrected chi connectivity index (χ2v) is 4.16. The minimum absolute atomic E-state index is 0.806. The Kier molecular flexibility index (Phi) is 3.05. The second kappa shape index (κ2) is 4.47. The zero-order chi connectivity index (χ0) is 10.7. The van der Waals surface area contributed by atoms with E-state index in [0.29, 0.717) is 0 Å². The predicted molar refractivity (Wildman–Crippen MR) is 62.4 cm³/mol. The lowest BCUT2D eigenvalue weighted by Crippen LogP contribution is -2.26. The SMILES string of the molecule is CCN(CC1CC1)c1ccccc1C=O. The number of hydrogen-bond acceptors (Lipinski definition) is 2. The van der Waals surface area contributed by atoms with Gasteiger partial charge in [0.05, 0.1) is 0 Å². The van der Waals surface area contributed by atoms with E-state index in [1.807, 2.05) is 24.3 Å². The van der Waals surface area contributed by atoms with Crippen molar-refractivity contribution in [1.29, 1.82) is 0 Å². The number of rotatable bonds is 5. The van der Waals surface area contributed by atoms with E-state index < -0.39 is 0 Å². The zero-order valence-corrected chi connectivity index (χ0v) is 9.15. The molecule has 0 aliphatic heterocycles. The van der Waals surface area contributed by atoms with Gasteiger partial charge in [-0.3, -0.25) is 4.79 Å². The molecule has 1 aromatic rings. The highest BCUT2D eigenvalue weighted by molar-refractivity contribution is 5.84. The molecular formula is C13H17NO. The summed E-state index contributed by atoms with van der Waals surface area (Å²) in [7, 11) is 0. The Morgan fingerprint density at radius 3 is 2.73 bits per heavy atom. The smallest absolute Gasteiger partial charge is 0.152 e. The van der Waals surface area contributed by atoms with Crippen molar-refractivity contribution in [3.63, 3.8) is 0 Å². The van der Waals surface area contributed by atoms with Crippen LogP contribution in [0.2, 0.25) is 0 Å². The van der Waals surface area contributed by atoms with E-state index in [9.17, 15) is 4.79 Å².